The van der Waals surface area contributed by atoms with Crippen molar-refractivity contribution in [3.05, 3.63) is 401 Å². The second-order valence-electron chi connectivity index (χ2n) is 28.7. The van der Waals surface area contributed by atoms with Gasteiger partial charge in [0.25, 0.3) is 0 Å². The van der Waals surface area contributed by atoms with Crippen molar-refractivity contribution in [2.45, 2.75) is 10.8 Å². The van der Waals surface area contributed by atoms with Crippen LogP contribution in [0.15, 0.2) is 357 Å². The lowest BCUT2D eigenvalue weighted by molar-refractivity contribution is 0.426. The lowest BCUT2D eigenvalue weighted by Crippen LogP contribution is -2.31. The van der Waals surface area contributed by atoms with Crippen LogP contribution in [0.3, 0.4) is 0 Å². The van der Waals surface area contributed by atoms with Crippen LogP contribution in [0, 0.1) is 0 Å². The zero-order valence-corrected chi connectivity index (χ0v) is 61.3. The maximum absolute atomic E-state index is 9.94. The normalized spacial score (nSPS) is 15.1. The Labute approximate surface area is 639 Å². The molecule has 4 heterocycles. The van der Waals surface area contributed by atoms with E-state index in [1.165, 1.54) is 162 Å². The van der Waals surface area contributed by atoms with E-state index in [-0.39, 0.29) is 5.41 Å². The molecule has 20 aromatic rings. The van der Waals surface area contributed by atoms with Gasteiger partial charge < -0.3 is 10.0 Å². The van der Waals surface area contributed by atoms with Gasteiger partial charge in [0.2, 0.25) is 0 Å². The van der Waals surface area contributed by atoms with Gasteiger partial charge in [-0.3, -0.25) is 9.97 Å². The van der Waals surface area contributed by atoms with Gasteiger partial charge in [-0.05, 0) is 215 Å². The van der Waals surface area contributed by atoms with E-state index >= 15 is 0 Å². The van der Waals surface area contributed by atoms with Gasteiger partial charge in [0.15, 0.2) is 0 Å². The van der Waals surface area contributed by atoms with E-state index in [1.807, 2.05) is 102 Å². The minimum absolute atomic E-state index is 0.355. The Morgan fingerprint density at radius 1 is 0.250 bits per heavy atom. The number of halogens is 1. The highest BCUT2D eigenvalue weighted by molar-refractivity contribution is 9.10. The Balaban J connectivity index is 0.000000110. The summed E-state index contributed by atoms with van der Waals surface area (Å²) in [4.78, 5) is 10.0. The van der Waals surface area contributed by atoms with Crippen LogP contribution in [0.5, 0.6) is 0 Å². The smallest absolute Gasteiger partial charge is 0.423 e. The van der Waals surface area contributed by atoms with E-state index in [4.69, 9.17) is 9.97 Å². The highest BCUT2D eigenvalue weighted by Gasteiger charge is 2.54. The number of aromatic nitrogens is 2. The summed E-state index contributed by atoms with van der Waals surface area (Å²) >= 11 is 7.55. The van der Waals surface area contributed by atoms with Gasteiger partial charge in [0.1, 0.15) is 0 Å². The van der Waals surface area contributed by atoms with E-state index in [2.05, 4.69) is 289 Å². The van der Waals surface area contributed by atoms with Gasteiger partial charge >= 0.3 is 7.12 Å². The van der Waals surface area contributed by atoms with Crippen molar-refractivity contribution in [3.63, 3.8) is 0 Å². The number of nitrogens with zero attached hydrogens (tertiary/aromatic N) is 2. The third-order valence-electron chi connectivity index (χ3n) is 23.4. The lowest BCUT2D eigenvalue weighted by atomic mass is 9.70. The van der Waals surface area contributed by atoms with Crippen molar-refractivity contribution in [3.8, 4) is 78.1 Å². The molecule has 4 aliphatic carbocycles. The third kappa shape index (κ3) is 8.98. The molecule has 24 rings (SSSR count). The molecule has 0 radical (unpaired) electrons. The summed E-state index contributed by atoms with van der Waals surface area (Å²) in [6.07, 6.45) is 3.87. The predicted octanol–water partition coefficient (Wildman–Crippen LogP) is 25.3. The minimum Gasteiger partial charge on any atom is -0.423 e. The Morgan fingerprint density at radius 3 is 1.06 bits per heavy atom. The van der Waals surface area contributed by atoms with E-state index in [0.717, 1.165) is 48.5 Å². The Hall–Kier alpha value is -12.2. The van der Waals surface area contributed by atoms with Crippen LogP contribution in [0.2, 0.25) is 0 Å². The molecular weight excluding hydrogens is 1420 g/mol. The molecule has 2 spiro atoms. The fourth-order valence-electron chi connectivity index (χ4n) is 19.2. The molecule has 8 heteroatoms. The monoisotopic (exact) mass is 1470 g/mol. The van der Waals surface area contributed by atoms with Crippen LogP contribution in [0.1, 0.15) is 44.5 Å². The molecule has 0 aliphatic heterocycles. The first-order chi connectivity index (χ1) is 53.3. The zero-order chi connectivity index (χ0) is 71.5. The van der Waals surface area contributed by atoms with Gasteiger partial charge in [-0.2, -0.15) is 0 Å². The van der Waals surface area contributed by atoms with Crippen LogP contribution in [0.25, 0.3) is 162 Å². The summed E-state index contributed by atoms with van der Waals surface area (Å²) < 4.78 is 6.45. The number of fused-ring (bicyclic) bond motifs is 30. The lowest BCUT2D eigenvalue weighted by Gasteiger charge is -2.30. The molecule has 0 fully saturated rings. The maximum atomic E-state index is 9.94. The summed E-state index contributed by atoms with van der Waals surface area (Å²) in [7, 11) is -1.50. The van der Waals surface area contributed by atoms with Gasteiger partial charge in [0.05, 0.1) is 22.2 Å². The van der Waals surface area contributed by atoms with Crippen molar-refractivity contribution in [2.75, 3.05) is 0 Å². The van der Waals surface area contributed by atoms with Crippen molar-refractivity contribution >= 4 is 135 Å². The topological polar surface area (TPSA) is 66.2 Å². The zero-order valence-electron chi connectivity index (χ0n) is 58.0. The van der Waals surface area contributed by atoms with Crippen LogP contribution in [-0.2, 0) is 10.8 Å². The predicted molar refractivity (Wildman–Crippen MR) is 457 cm³/mol. The van der Waals surface area contributed by atoms with Crippen molar-refractivity contribution < 1.29 is 10.0 Å². The highest BCUT2D eigenvalue weighted by atomic mass is 79.9. The first kappa shape index (κ1) is 63.1. The van der Waals surface area contributed by atoms with Gasteiger partial charge in [-0.25, -0.2) is 0 Å². The summed E-state index contributed by atoms with van der Waals surface area (Å²) in [5, 5.41) is 34.1. The molecule has 4 aromatic heterocycles. The average Bonchev–Trinajstić information content (AvgIpc) is 1.51. The molecule has 0 saturated carbocycles. The average molecular weight is 1480 g/mol. The summed E-state index contributed by atoms with van der Waals surface area (Å²) in [5.74, 6) is 0. The van der Waals surface area contributed by atoms with E-state index in [9.17, 15) is 10.0 Å². The number of hydrogen-bond acceptors (Lipinski definition) is 6. The summed E-state index contributed by atoms with van der Waals surface area (Å²) in [5.41, 5.74) is 27.5. The SMILES string of the molecule is Brc1ccc2c(c1)C1(c3ccccc3-c3cc4sc5ccccc5c4cc31)c1cccnc1-2.OB(O)c1c2ccccc2c(-c2ccccc2)c2ccccc12.c1ccc(-c2c3ccccc3c(-c3ccc4c(c3)C3(c5ccccc5-c5cc6sc7ccccc7c6cc53)c3cccnc3-4)c3ccccc23)cc1. The molecule has 0 bridgehead atoms. The van der Waals surface area contributed by atoms with Crippen LogP contribution in [-0.4, -0.2) is 27.1 Å². The number of pyridine rings is 2. The Bertz CT molecular complexity index is 7100. The molecule has 2 N–H and O–H groups in total. The first-order valence-corrected chi connectivity index (χ1v) is 39.1. The molecule has 2 atom stereocenters. The summed E-state index contributed by atoms with van der Waals surface area (Å²) in [6.45, 7) is 0. The maximum Gasteiger partial charge on any atom is 0.489 e. The number of rotatable bonds is 4. The van der Waals surface area contributed by atoms with Crippen molar-refractivity contribution in [2.24, 2.45) is 0 Å². The van der Waals surface area contributed by atoms with Gasteiger partial charge in [-0.1, -0.05) is 289 Å². The molecule has 16 aromatic carbocycles. The van der Waals surface area contributed by atoms with Crippen molar-refractivity contribution in [1.82, 2.24) is 9.97 Å². The molecular formula is C100H60BBrN2O2S2. The number of benzene rings is 16. The standard InChI is InChI=1S/C50H29NS.C30H16BrNS.C20H15BO2/c1-2-13-30(14-3-1)47-34-17-4-6-19-36(34)48(37-20-7-5-18-35(37)47)31-24-25-38-43(27-31)50(42-22-12-26-51-49(38)42)41-21-10-8-15-32(41)39-29-46-40(28-44(39)50)33-16-9-11-23-45(33)52-46;31-17-11-12-20-25(14-17)30(24-9-5-13-32-29(20)24)23-8-3-1-6-18(23)21-16-28-22(15-26(21)30)19-7-2-4-10-27(19)33-28;22-21(23)20-17-12-6-4-10-15(17)19(14-8-2-1-3-9-14)16-11-5-7-13-18(16)20/h1-29H;1-16H;1-13,22-23H. The van der Waals surface area contributed by atoms with Crippen LogP contribution < -0.4 is 5.46 Å². The van der Waals surface area contributed by atoms with Crippen LogP contribution >= 0.6 is 38.6 Å². The quantitative estimate of drug-likeness (QED) is 0.136. The highest BCUT2D eigenvalue weighted by Crippen LogP contribution is 2.66. The van der Waals surface area contributed by atoms with Gasteiger partial charge in [0, 0.05) is 68.3 Å². The number of thiophene rings is 2. The van der Waals surface area contributed by atoms with Crippen LogP contribution in [0.4, 0.5) is 0 Å². The van der Waals surface area contributed by atoms with E-state index in [0.29, 0.717) is 5.46 Å². The Kier molecular flexibility index (Phi) is 14.3. The fraction of sp³-hybridized carbons (Fsp3) is 0.0200. The van der Waals surface area contributed by atoms with Crippen molar-refractivity contribution in [1.29, 1.82) is 0 Å². The molecule has 0 saturated heterocycles. The minimum atomic E-state index is -1.50. The summed E-state index contributed by atoms with van der Waals surface area (Å²) in [6, 6.07) is 123. The molecule has 0 amide bonds. The van der Waals surface area contributed by atoms with E-state index in [1.54, 1.807) is 0 Å². The molecule has 504 valence electrons. The third-order valence-corrected chi connectivity index (χ3v) is 26.2. The first-order valence-electron chi connectivity index (χ1n) is 36.7. The Morgan fingerprint density at radius 2 is 0.602 bits per heavy atom. The second-order valence-corrected chi connectivity index (χ2v) is 31.7. The largest absolute Gasteiger partial charge is 0.489 e. The molecule has 4 nitrogen and oxygen atoms in total. The molecule has 4 aliphatic rings. The van der Waals surface area contributed by atoms with Gasteiger partial charge in [-0.15, -0.1) is 22.7 Å². The molecule has 108 heavy (non-hydrogen) atoms. The fourth-order valence-corrected chi connectivity index (χ4v) is 21.9. The van der Waals surface area contributed by atoms with E-state index < -0.39 is 12.5 Å². The second kappa shape index (κ2) is 24.4. The molecule has 2 unspecified atom stereocenters. The number of hydrogen-bond donors (Lipinski definition) is 2.